The van der Waals surface area contributed by atoms with Crippen molar-refractivity contribution < 1.29 is 34.0 Å². The smallest absolute Gasteiger partial charge is 0.335 e. The molecule has 2 heterocycles. The van der Waals surface area contributed by atoms with Crippen molar-refractivity contribution in [2.75, 3.05) is 32.3 Å². The number of aliphatic hydroxyl groups is 1. The summed E-state index contributed by atoms with van der Waals surface area (Å²) < 4.78 is 19.2. The van der Waals surface area contributed by atoms with Crippen molar-refractivity contribution in [3.8, 4) is 17.2 Å². The lowest BCUT2D eigenvalue weighted by Crippen LogP contribution is -2.46. The number of halogens is 1. The highest BCUT2D eigenvalue weighted by molar-refractivity contribution is 6.30. The maximum atomic E-state index is 14.4. The molecule has 12 heteroatoms. The summed E-state index contributed by atoms with van der Waals surface area (Å²) in [7, 11) is 3.05. The van der Waals surface area contributed by atoms with Crippen LogP contribution in [0.15, 0.2) is 71.5 Å². The van der Waals surface area contributed by atoms with E-state index in [0.29, 0.717) is 44.7 Å². The Morgan fingerprint density at radius 1 is 1.02 bits per heavy atom. The topological polar surface area (TPSA) is 143 Å². The minimum atomic E-state index is -1.09. The number of carbonyl (C=O) groups is 2. The van der Waals surface area contributed by atoms with Crippen LogP contribution < -0.4 is 19.9 Å². The number of carbonyl (C=O) groups excluding carboxylic acids is 1. The van der Waals surface area contributed by atoms with Crippen LogP contribution in [0.25, 0.3) is 5.69 Å². The van der Waals surface area contributed by atoms with Gasteiger partial charge in [0.2, 0.25) is 0 Å². The van der Waals surface area contributed by atoms with E-state index < -0.39 is 29.2 Å². The van der Waals surface area contributed by atoms with Crippen LogP contribution in [0.1, 0.15) is 47.1 Å². The van der Waals surface area contributed by atoms with Gasteiger partial charge in [0.15, 0.2) is 11.5 Å². The molecular weight excluding hydrogens is 602 g/mol. The lowest BCUT2D eigenvalue weighted by atomic mass is 9.92. The van der Waals surface area contributed by atoms with Crippen LogP contribution in [-0.4, -0.2) is 65.3 Å². The van der Waals surface area contributed by atoms with E-state index in [4.69, 9.17) is 25.8 Å². The molecule has 4 aromatic rings. The van der Waals surface area contributed by atoms with Crippen LogP contribution in [0, 0.1) is 5.41 Å². The van der Waals surface area contributed by atoms with E-state index in [2.05, 4.69) is 5.10 Å². The molecule has 45 heavy (non-hydrogen) atoms. The van der Waals surface area contributed by atoms with Crippen molar-refractivity contribution in [3.05, 3.63) is 104 Å². The Labute approximate surface area is 264 Å². The highest BCUT2D eigenvalue weighted by Gasteiger charge is 2.40. The monoisotopic (exact) mass is 635 g/mol. The second kappa shape index (κ2) is 12.8. The normalized spacial score (nSPS) is 16.7. The fraction of sp³-hybridized carbons (Fsp3) is 0.303. The molecule has 236 valence electrons. The van der Waals surface area contributed by atoms with Gasteiger partial charge in [-0.15, -0.1) is 0 Å². The van der Waals surface area contributed by atoms with E-state index in [1.54, 1.807) is 35.2 Å². The van der Waals surface area contributed by atoms with Crippen LogP contribution >= 0.6 is 11.6 Å². The van der Waals surface area contributed by atoms with E-state index in [-0.39, 0.29) is 31.0 Å². The number of hydrogen-bond donors (Lipinski definition) is 3. The fourth-order valence-electron chi connectivity index (χ4n) is 5.40. The zero-order valence-corrected chi connectivity index (χ0v) is 26.0. The number of aliphatic hydroxyl groups excluding tert-OH is 1. The maximum absolute atomic E-state index is 14.4. The number of carboxylic acids is 1. The van der Waals surface area contributed by atoms with Crippen molar-refractivity contribution in [1.82, 2.24) is 9.78 Å². The van der Waals surface area contributed by atoms with Crippen molar-refractivity contribution in [2.24, 2.45) is 5.41 Å². The SMILES string of the molecule is COc1cccc([C@H]2O[C@H](Cc3cc(=O)n(-c4ccc(C(=O)O)cc4)[nH]3)C(=O)N(CC(C)(C)CO)c3ccc(Cl)cc32)c1OC. The molecular formula is C33H34ClN3O8. The number of aromatic amines is 1. The summed E-state index contributed by atoms with van der Waals surface area (Å²) in [5.41, 5.74) is 1.65. The molecule has 0 saturated carbocycles. The zero-order chi connectivity index (χ0) is 32.5. The van der Waals surface area contributed by atoms with Crippen LogP contribution in [0.5, 0.6) is 11.5 Å². The first-order valence-electron chi connectivity index (χ1n) is 14.2. The first-order chi connectivity index (χ1) is 21.5. The molecule has 0 aliphatic carbocycles. The van der Waals surface area contributed by atoms with E-state index in [9.17, 15) is 24.6 Å². The largest absolute Gasteiger partial charge is 0.493 e. The second-order valence-electron chi connectivity index (χ2n) is 11.5. The number of para-hydroxylation sites is 1. The number of carboxylic acid groups (broad SMARTS) is 1. The molecule has 11 nitrogen and oxygen atoms in total. The highest BCUT2D eigenvalue weighted by atomic mass is 35.5. The van der Waals surface area contributed by atoms with Gasteiger partial charge >= 0.3 is 5.97 Å². The van der Waals surface area contributed by atoms with Gasteiger partial charge < -0.3 is 29.3 Å². The van der Waals surface area contributed by atoms with Gasteiger partial charge in [-0.2, -0.15) is 0 Å². The average molecular weight is 636 g/mol. The molecule has 0 spiro atoms. The van der Waals surface area contributed by atoms with Crippen molar-refractivity contribution in [3.63, 3.8) is 0 Å². The van der Waals surface area contributed by atoms with Crippen LogP contribution in [0.4, 0.5) is 5.69 Å². The number of ether oxygens (including phenoxy) is 3. The third-order valence-electron chi connectivity index (χ3n) is 7.69. The predicted molar refractivity (Wildman–Crippen MR) is 168 cm³/mol. The Bertz CT molecular complexity index is 1780. The summed E-state index contributed by atoms with van der Waals surface area (Å²) in [5, 5.41) is 22.8. The number of aromatic nitrogens is 2. The van der Waals surface area contributed by atoms with Crippen molar-refractivity contribution >= 4 is 29.2 Å². The predicted octanol–water partition coefficient (Wildman–Crippen LogP) is 4.62. The van der Waals surface area contributed by atoms with E-state index in [1.165, 1.54) is 49.2 Å². The standard InChI is InChI=1S/C33H34ClN3O8/c1-33(2,18-38)17-36-25-13-10-20(34)14-24(25)29(23-6-5-7-26(43-3)30(23)44-4)45-27(31(36)40)15-21-16-28(39)37(35-21)22-11-8-19(9-12-22)32(41)42/h5-14,16,27,29,35,38H,15,17-18H2,1-4H3,(H,41,42)/t27-,29-/m1/s1. The molecule has 3 N–H and O–H groups in total. The molecule has 0 unspecified atom stereocenters. The molecule has 0 fully saturated rings. The Balaban J connectivity index is 1.62. The van der Waals surface area contributed by atoms with Crippen molar-refractivity contribution in [2.45, 2.75) is 32.5 Å². The van der Waals surface area contributed by atoms with Gasteiger partial charge in [-0.3, -0.25) is 14.7 Å². The number of aromatic carboxylic acids is 1. The molecule has 0 bridgehead atoms. The Morgan fingerprint density at radius 3 is 2.40 bits per heavy atom. The number of hydrogen-bond acceptors (Lipinski definition) is 7. The molecule has 1 amide bonds. The number of amides is 1. The lowest BCUT2D eigenvalue weighted by Gasteiger charge is -2.32. The molecule has 5 rings (SSSR count). The Hall–Kier alpha value is -4.58. The van der Waals surface area contributed by atoms with E-state index in [0.717, 1.165) is 0 Å². The molecule has 0 radical (unpaired) electrons. The number of nitrogens with zero attached hydrogens (tertiary/aromatic N) is 2. The number of H-pyrrole nitrogens is 1. The first kappa shape index (κ1) is 31.8. The van der Waals surface area contributed by atoms with Gasteiger partial charge in [0.25, 0.3) is 11.5 Å². The van der Waals surface area contributed by atoms with Crippen molar-refractivity contribution in [1.29, 1.82) is 0 Å². The quantitative estimate of drug-likeness (QED) is 0.229. The zero-order valence-electron chi connectivity index (χ0n) is 25.2. The number of methoxy groups -OCH3 is 2. The van der Waals surface area contributed by atoms with E-state index in [1.807, 2.05) is 19.9 Å². The molecule has 2 atom stereocenters. The third kappa shape index (κ3) is 6.46. The minimum absolute atomic E-state index is 0.00512. The number of rotatable bonds is 10. The average Bonchev–Trinajstić information content (AvgIpc) is 3.36. The van der Waals surface area contributed by atoms with Gasteiger partial charge in [-0.25, -0.2) is 9.48 Å². The van der Waals surface area contributed by atoms with Gasteiger partial charge in [0, 0.05) is 58.6 Å². The molecule has 0 saturated heterocycles. The van der Waals surface area contributed by atoms with Gasteiger partial charge in [-0.05, 0) is 48.5 Å². The van der Waals surface area contributed by atoms with Gasteiger partial charge in [0.05, 0.1) is 25.5 Å². The summed E-state index contributed by atoms with van der Waals surface area (Å²) in [6, 6.07) is 17.8. The van der Waals surface area contributed by atoms with Gasteiger partial charge in [0.1, 0.15) is 12.2 Å². The second-order valence-corrected chi connectivity index (χ2v) is 12.0. The van der Waals surface area contributed by atoms with Crippen LogP contribution in [0.3, 0.4) is 0 Å². The summed E-state index contributed by atoms with van der Waals surface area (Å²) >= 11 is 6.50. The fourth-order valence-corrected chi connectivity index (χ4v) is 5.58. The summed E-state index contributed by atoms with van der Waals surface area (Å²) in [6.07, 6.45) is -1.93. The van der Waals surface area contributed by atoms with Gasteiger partial charge in [-0.1, -0.05) is 37.6 Å². The van der Waals surface area contributed by atoms with E-state index >= 15 is 0 Å². The molecule has 1 aliphatic heterocycles. The first-order valence-corrected chi connectivity index (χ1v) is 14.6. The number of nitrogens with one attached hydrogen (secondary N) is 1. The van der Waals surface area contributed by atoms with Crippen LogP contribution in [0.2, 0.25) is 5.02 Å². The number of fused-ring (bicyclic) bond motifs is 1. The Kier molecular flexibility index (Phi) is 9.06. The maximum Gasteiger partial charge on any atom is 0.335 e. The number of anilines is 1. The molecule has 1 aliphatic rings. The molecule has 3 aromatic carbocycles. The molecule has 1 aromatic heterocycles. The summed E-state index contributed by atoms with van der Waals surface area (Å²) in [5.74, 6) is -0.550. The minimum Gasteiger partial charge on any atom is -0.493 e. The third-order valence-corrected chi connectivity index (χ3v) is 7.92. The Morgan fingerprint density at radius 2 is 1.76 bits per heavy atom. The summed E-state index contributed by atoms with van der Waals surface area (Å²) in [4.78, 5) is 40.3. The number of benzene rings is 3. The summed E-state index contributed by atoms with van der Waals surface area (Å²) in [6.45, 7) is 3.71. The highest BCUT2D eigenvalue weighted by Crippen LogP contribution is 2.45. The van der Waals surface area contributed by atoms with Crippen LogP contribution in [-0.2, 0) is 16.0 Å². The lowest BCUT2D eigenvalue weighted by molar-refractivity contribution is -0.132.